The molecule has 0 saturated heterocycles. The summed E-state index contributed by atoms with van der Waals surface area (Å²) in [5.74, 6) is 3.24. The average molecular weight is 356 g/mol. The summed E-state index contributed by atoms with van der Waals surface area (Å²) in [5.41, 5.74) is 1.22. The fourth-order valence-electron chi connectivity index (χ4n) is 2.57. The fourth-order valence-corrected chi connectivity index (χ4v) is 2.57. The van der Waals surface area contributed by atoms with Crippen LogP contribution in [0.3, 0.4) is 0 Å². The van der Waals surface area contributed by atoms with Crippen LogP contribution in [0.15, 0.2) is 67.0 Å². The number of terminal acetylenes is 1. The molecule has 2 heterocycles. The number of ether oxygens (including phenoxy) is 1. The molecule has 0 fully saturated rings. The summed E-state index contributed by atoms with van der Waals surface area (Å²) in [6.45, 7) is 0. The third-order valence-corrected chi connectivity index (χ3v) is 3.79. The van der Waals surface area contributed by atoms with E-state index in [1.807, 2.05) is 24.3 Å². The topological polar surface area (TPSA) is 59.9 Å². The average Bonchev–Trinajstić information content (AvgIpc) is 2.70. The molecule has 130 valence electrons. The summed E-state index contributed by atoms with van der Waals surface area (Å²) in [4.78, 5) is 12.5. The molecule has 0 radical (unpaired) electrons. The van der Waals surface area contributed by atoms with Crippen molar-refractivity contribution in [3.63, 3.8) is 0 Å². The highest BCUT2D eigenvalue weighted by Crippen LogP contribution is 2.29. The molecule has 0 saturated carbocycles. The predicted molar refractivity (Wildman–Crippen MR) is 101 cm³/mol. The van der Waals surface area contributed by atoms with E-state index in [2.05, 4.69) is 26.2 Å². The minimum absolute atomic E-state index is 0.102. The lowest BCUT2D eigenvalue weighted by Gasteiger charge is -2.11. The van der Waals surface area contributed by atoms with Crippen LogP contribution < -0.4 is 10.1 Å². The summed E-state index contributed by atoms with van der Waals surface area (Å²) in [5, 5.41) is 3.88. The Labute approximate surface area is 154 Å². The van der Waals surface area contributed by atoms with E-state index in [1.54, 1.807) is 24.4 Å². The minimum atomic E-state index is -0.514. The van der Waals surface area contributed by atoms with Crippen molar-refractivity contribution in [2.24, 2.45) is 0 Å². The van der Waals surface area contributed by atoms with Crippen LogP contribution in [0.4, 0.5) is 15.9 Å². The highest BCUT2D eigenvalue weighted by atomic mass is 19.1. The largest absolute Gasteiger partial charge is 0.453 e. The van der Waals surface area contributed by atoms with Crippen LogP contribution in [0, 0.1) is 18.2 Å². The molecule has 0 aliphatic rings. The lowest BCUT2D eigenvalue weighted by atomic mass is 10.2. The Morgan fingerprint density at radius 1 is 1.04 bits per heavy atom. The number of hydrogen-bond acceptors (Lipinski definition) is 5. The maximum atomic E-state index is 14.4. The molecule has 6 heteroatoms. The molecule has 0 amide bonds. The van der Waals surface area contributed by atoms with E-state index < -0.39 is 5.82 Å². The van der Waals surface area contributed by atoms with Crippen molar-refractivity contribution in [1.29, 1.82) is 0 Å². The van der Waals surface area contributed by atoms with Gasteiger partial charge in [0.1, 0.15) is 11.6 Å². The van der Waals surface area contributed by atoms with E-state index in [9.17, 15) is 4.39 Å². The molecule has 0 spiro atoms. The Balaban J connectivity index is 1.65. The molecule has 1 N–H and O–H groups in total. The normalized spacial score (nSPS) is 10.4. The molecule has 0 aliphatic carbocycles. The lowest BCUT2D eigenvalue weighted by molar-refractivity contribution is 0.441. The van der Waals surface area contributed by atoms with Crippen molar-refractivity contribution in [1.82, 2.24) is 15.0 Å². The lowest BCUT2D eigenvalue weighted by Crippen LogP contribution is -2.00. The van der Waals surface area contributed by atoms with Gasteiger partial charge in [-0.3, -0.25) is 4.98 Å². The van der Waals surface area contributed by atoms with Gasteiger partial charge < -0.3 is 10.1 Å². The van der Waals surface area contributed by atoms with Gasteiger partial charge in [0.2, 0.25) is 5.82 Å². The first-order valence-corrected chi connectivity index (χ1v) is 8.11. The van der Waals surface area contributed by atoms with Gasteiger partial charge in [-0.05, 0) is 42.3 Å². The number of nitrogens with one attached hydrogen (secondary N) is 1. The Morgan fingerprint density at radius 3 is 2.70 bits per heavy atom. The van der Waals surface area contributed by atoms with Gasteiger partial charge in [0, 0.05) is 23.3 Å². The maximum Gasteiger partial charge on any atom is 0.207 e. The van der Waals surface area contributed by atoms with Crippen molar-refractivity contribution in [3.8, 4) is 23.8 Å². The number of pyridine rings is 1. The van der Waals surface area contributed by atoms with E-state index in [1.165, 1.54) is 18.3 Å². The molecule has 0 atom stereocenters. The van der Waals surface area contributed by atoms with E-state index >= 15 is 0 Å². The summed E-state index contributed by atoms with van der Waals surface area (Å²) in [6.07, 6.45) is 8.57. The third kappa shape index (κ3) is 3.53. The van der Waals surface area contributed by atoms with E-state index in [4.69, 9.17) is 11.2 Å². The first kappa shape index (κ1) is 16.5. The summed E-state index contributed by atoms with van der Waals surface area (Å²) >= 11 is 0. The van der Waals surface area contributed by atoms with Crippen LogP contribution in [0.1, 0.15) is 5.82 Å². The van der Waals surface area contributed by atoms with Gasteiger partial charge in [0.05, 0.1) is 11.7 Å². The minimum Gasteiger partial charge on any atom is -0.453 e. The van der Waals surface area contributed by atoms with Gasteiger partial charge in [-0.15, -0.1) is 6.42 Å². The molecular weight excluding hydrogens is 343 g/mol. The van der Waals surface area contributed by atoms with E-state index in [0.717, 1.165) is 5.39 Å². The molecule has 5 nitrogen and oxygen atoms in total. The maximum absolute atomic E-state index is 14.4. The zero-order chi connectivity index (χ0) is 18.6. The van der Waals surface area contributed by atoms with Crippen molar-refractivity contribution < 1.29 is 9.13 Å². The number of aromatic nitrogens is 3. The third-order valence-electron chi connectivity index (χ3n) is 3.79. The van der Waals surface area contributed by atoms with Crippen molar-refractivity contribution >= 4 is 22.4 Å². The van der Waals surface area contributed by atoms with E-state index in [-0.39, 0.29) is 11.6 Å². The van der Waals surface area contributed by atoms with Crippen LogP contribution >= 0.6 is 0 Å². The number of nitrogens with zero attached hydrogens (tertiary/aromatic N) is 3. The molecule has 0 aliphatic heterocycles. The molecule has 0 bridgehead atoms. The quantitative estimate of drug-likeness (QED) is 0.538. The van der Waals surface area contributed by atoms with Crippen LogP contribution in [-0.2, 0) is 0 Å². The molecule has 2 aromatic carbocycles. The highest BCUT2D eigenvalue weighted by Gasteiger charge is 2.10. The number of fused-ring (bicyclic) bond motifs is 1. The van der Waals surface area contributed by atoms with E-state index in [0.29, 0.717) is 22.8 Å². The Morgan fingerprint density at radius 2 is 1.93 bits per heavy atom. The summed E-state index contributed by atoms with van der Waals surface area (Å²) < 4.78 is 20.0. The van der Waals surface area contributed by atoms with Gasteiger partial charge in [-0.1, -0.05) is 12.1 Å². The van der Waals surface area contributed by atoms with Crippen LogP contribution in [0.25, 0.3) is 10.9 Å². The molecular formula is C21H13FN4O. The van der Waals surface area contributed by atoms with Crippen molar-refractivity contribution in [2.75, 3.05) is 5.32 Å². The Kier molecular flexibility index (Phi) is 4.33. The first-order valence-electron chi connectivity index (χ1n) is 8.11. The second-order valence-electron chi connectivity index (χ2n) is 5.62. The monoisotopic (exact) mass is 356 g/mol. The SMILES string of the molecule is C#Cc1nc(Nc2ccc(Oc3cccnc3)c(F)c2)c2ccccc2n1. The Hall–Kier alpha value is -3.98. The summed E-state index contributed by atoms with van der Waals surface area (Å²) in [7, 11) is 0. The smallest absolute Gasteiger partial charge is 0.207 e. The van der Waals surface area contributed by atoms with Gasteiger partial charge in [-0.2, -0.15) is 0 Å². The molecule has 27 heavy (non-hydrogen) atoms. The Bertz CT molecular complexity index is 1160. The number of halogens is 1. The number of hydrogen-bond donors (Lipinski definition) is 1. The van der Waals surface area contributed by atoms with Crippen molar-refractivity contribution in [2.45, 2.75) is 0 Å². The number of benzene rings is 2. The molecule has 2 aromatic heterocycles. The van der Waals surface area contributed by atoms with Crippen LogP contribution in [-0.4, -0.2) is 15.0 Å². The number of rotatable bonds is 4. The van der Waals surface area contributed by atoms with Crippen LogP contribution in [0.5, 0.6) is 11.5 Å². The second-order valence-corrected chi connectivity index (χ2v) is 5.62. The highest BCUT2D eigenvalue weighted by molar-refractivity contribution is 5.91. The second kappa shape index (κ2) is 7.10. The zero-order valence-electron chi connectivity index (χ0n) is 14.1. The molecule has 0 unspecified atom stereocenters. The molecule has 4 rings (SSSR count). The van der Waals surface area contributed by atoms with Gasteiger partial charge in [-0.25, -0.2) is 14.4 Å². The van der Waals surface area contributed by atoms with Gasteiger partial charge >= 0.3 is 0 Å². The van der Waals surface area contributed by atoms with Gasteiger partial charge in [0.25, 0.3) is 0 Å². The summed E-state index contributed by atoms with van der Waals surface area (Å²) in [6, 6.07) is 15.4. The standard InChI is InChI=1S/C21H13FN4O/c1-2-20-25-18-8-4-3-7-16(18)21(26-20)24-14-9-10-19(17(22)12-14)27-15-6-5-11-23-13-15/h1,3-13H,(H,24,25,26). The fraction of sp³-hybridized carbons (Fsp3) is 0. The molecule has 4 aromatic rings. The predicted octanol–water partition coefficient (Wildman–Crippen LogP) is 4.68. The number of para-hydroxylation sites is 1. The van der Waals surface area contributed by atoms with Gasteiger partial charge in [0.15, 0.2) is 11.6 Å². The number of anilines is 2. The zero-order valence-corrected chi connectivity index (χ0v) is 14.1. The first-order chi connectivity index (χ1) is 13.2. The van der Waals surface area contributed by atoms with Crippen LogP contribution in [0.2, 0.25) is 0 Å². The van der Waals surface area contributed by atoms with Crippen molar-refractivity contribution in [3.05, 3.63) is 78.6 Å².